The molecule has 7 heteroatoms. The molecule has 0 aliphatic heterocycles. The van der Waals surface area contributed by atoms with Crippen molar-refractivity contribution in [3.05, 3.63) is 63.8 Å². The Morgan fingerprint density at radius 3 is 2.66 bits per heavy atom. The van der Waals surface area contributed by atoms with E-state index < -0.39 is 0 Å². The second-order valence-corrected chi connectivity index (χ2v) is 7.36. The van der Waals surface area contributed by atoms with Crippen molar-refractivity contribution >= 4 is 5.91 Å². The van der Waals surface area contributed by atoms with Gasteiger partial charge in [-0.05, 0) is 46.2 Å². The van der Waals surface area contributed by atoms with Gasteiger partial charge in [-0.25, -0.2) is 0 Å². The molecule has 1 amide bonds. The number of carbonyl (C=O) groups excluding carboxylic acids is 1. The summed E-state index contributed by atoms with van der Waals surface area (Å²) in [5.74, 6) is 1.16. The first kappa shape index (κ1) is 20.6. The van der Waals surface area contributed by atoms with E-state index in [9.17, 15) is 4.79 Å². The first-order chi connectivity index (χ1) is 13.8. The van der Waals surface area contributed by atoms with E-state index in [1.54, 1.807) is 25.1 Å². The summed E-state index contributed by atoms with van der Waals surface area (Å²) in [4.78, 5) is 14.6. The number of rotatable bonds is 7. The Kier molecular flexibility index (Phi) is 6.06. The van der Waals surface area contributed by atoms with Crippen molar-refractivity contribution < 1.29 is 14.1 Å². The zero-order chi connectivity index (χ0) is 21.1. The zero-order valence-electron chi connectivity index (χ0n) is 17.9. The second-order valence-electron chi connectivity index (χ2n) is 7.36. The van der Waals surface area contributed by atoms with Crippen LogP contribution in [0.15, 0.2) is 28.9 Å². The summed E-state index contributed by atoms with van der Waals surface area (Å²) in [6.45, 7) is 11.4. The maximum Gasteiger partial charge on any atom is 0.276 e. The minimum absolute atomic E-state index is 0.204. The molecule has 2 heterocycles. The molecule has 7 nitrogen and oxygen atoms in total. The van der Waals surface area contributed by atoms with Crippen LogP contribution < -0.4 is 4.74 Å². The minimum atomic E-state index is -0.204. The molecule has 0 spiro atoms. The molecule has 0 aliphatic rings. The SMILES string of the molecule is CCn1ncc(CN(C)C(=O)c2noc(C)c2COc2ccc(C)cc2C)c1C. The molecule has 1 aromatic carbocycles. The van der Waals surface area contributed by atoms with Gasteiger partial charge >= 0.3 is 0 Å². The lowest BCUT2D eigenvalue weighted by molar-refractivity contribution is 0.0772. The van der Waals surface area contributed by atoms with E-state index in [0.717, 1.165) is 29.1 Å². The zero-order valence-corrected chi connectivity index (χ0v) is 17.9. The van der Waals surface area contributed by atoms with E-state index in [-0.39, 0.29) is 18.2 Å². The van der Waals surface area contributed by atoms with Gasteiger partial charge in [0.15, 0.2) is 5.69 Å². The first-order valence-corrected chi connectivity index (χ1v) is 9.73. The Bertz CT molecular complexity index is 1020. The number of amides is 1. The number of nitrogens with zero attached hydrogens (tertiary/aromatic N) is 4. The summed E-state index contributed by atoms with van der Waals surface area (Å²) in [6, 6.07) is 6.01. The van der Waals surface area contributed by atoms with Crippen LogP contribution in [0.1, 0.15) is 51.1 Å². The maximum absolute atomic E-state index is 13.0. The van der Waals surface area contributed by atoms with Crippen molar-refractivity contribution in [3.63, 3.8) is 0 Å². The smallest absolute Gasteiger partial charge is 0.276 e. The van der Waals surface area contributed by atoms with Gasteiger partial charge in [-0.2, -0.15) is 5.10 Å². The van der Waals surface area contributed by atoms with Crippen LogP contribution in [0.4, 0.5) is 0 Å². The van der Waals surface area contributed by atoms with Gasteiger partial charge in [-0.15, -0.1) is 0 Å². The molecule has 0 unspecified atom stereocenters. The van der Waals surface area contributed by atoms with Crippen molar-refractivity contribution in [3.8, 4) is 5.75 Å². The molecule has 0 aliphatic carbocycles. The fraction of sp³-hybridized carbons (Fsp3) is 0.409. The van der Waals surface area contributed by atoms with Crippen LogP contribution in [-0.4, -0.2) is 32.8 Å². The normalized spacial score (nSPS) is 11.0. The van der Waals surface area contributed by atoms with E-state index in [0.29, 0.717) is 17.9 Å². The van der Waals surface area contributed by atoms with Crippen LogP contribution in [0.2, 0.25) is 0 Å². The Morgan fingerprint density at radius 1 is 1.24 bits per heavy atom. The topological polar surface area (TPSA) is 73.4 Å². The molecular weight excluding hydrogens is 368 g/mol. The van der Waals surface area contributed by atoms with Gasteiger partial charge in [0.25, 0.3) is 5.91 Å². The lowest BCUT2D eigenvalue weighted by atomic mass is 10.1. The highest BCUT2D eigenvalue weighted by molar-refractivity contribution is 5.93. The number of hydrogen-bond acceptors (Lipinski definition) is 5. The molecular formula is C22H28N4O3. The summed E-state index contributed by atoms with van der Waals surface area (Å²) in [6.07, 6.45) is 1.81. The Morgan fingerprint density at radius 2 is 2.00 bits per heavy atom. The van der Waals surface area contributed by atoms with Gasteiger partial charge in [-0.1, -0.05) is 22.9 Å². The molecule has 3 rings (SSSR count). The molecule has 0 bridgehead atoms. The quantitative estimate of drug-likeness (QED) is 0.604. The Balaban J connectivity index is 1.75. The van der Waals surface area contributed by atoms with Crippen LogP contribution >= 0.6 is 0 Å². The maximum atomic E-state index is 13.0. The molecule has 0 radical (unpaired) electrons. The number of aryl methyl sites for hydroxylation is 4. The Hall–Kier alpha value is -3.09. The van der Waals surface area contributed by atoms with Crippen LogP contribution in [0, 0.1) is 27.7 Å². The van der Waals surface area contributed by atoms with E-state index in [1.165, 1.54) is 5.56 Å². The summed E-state index contributed by atoms with van der Waals surface area (Å²) in [5.41, 5.74) is 5.25. The van der Waals surface area contributed by atoms with Crippen molar-refractivity contribution in [1.82, 2.24) is 19.8 Å². The lowest BCUT2D eigenvalue weighted by Gasteiger charge is -2.16. The summed E-state index contributed by atoms with van der Waals surface area (Å²) >= 11 is 0. The molecule has 2 aromatic heterocycles. The average molecular weight is 396 g/mol. The van der Waals surface area contributed by atoms with E-state index >= 15 is 0 Å². The van der Waals surface area contributed by atoms with Crippen molar-refractivity contribution in [2.45, 2.75) is 54.3 Å². The van der Waals surface area contributed by atoms with Crippen molar-refractivity contribution in [1.29, 1.82) is 0 Å². The number of aromatic nitrogens is 3. The molecule has 0 saturated heterocycles. The molecule has 0 fully saturated rings. The Labute approximate surface area is 171 Å². The van der Waals surface area contributed by atoms with E-state index in [4.69, 9.17) is 9.26 Å². The van der Waals surface area contributed by atoms with Crippen LogP contribution in [0.25, 0.3) is 0 Å². The summed E-state index contributed by atoms with van der Waals surface area (Å²) in [7, 11) is 1.75. The fourth-order valence-electron chi connectivity index (χ4n) is 3.31. The molecule has 0 N–H and O–H groups in total. The van der Waals surface area contributed by atoms with Gasteiger partial charge in [0.05, 0.1) is 11.8 Å². The van der Waals surface area contributed by atoms with Crippen molar-refractivity contribution in [2.75, 3.05) is 7.05 Å². The predicted octanol–water partition coefficient (Wildman–Crippen LogP) is 3.98. The predicted molar refractivity (Wildman–Crippen MR) is 110 cm³/mol. The highest BCUT2D eigenvalue weighted by atomic mass is 16.5. The van der Waals surface area contributed by atoms with E-state index in [1.807, 2.05) is 44.5 Å². The average Bonchev–Trinajstić information content (AvgIpc) is 3.23. The number of ether oxygens (including phenoxy) is 1. The number of carbonyl (C=O) groups is 1. The van der Waals surface area contributed by atoms with Gasteiger partial charge in [-0.3, -0.25) is 9.48 Å². The second kappa shape index (κ2) is 8.51. The van der Waals surface area contributed by atoms with Gasteiger partial charge in [0.2, 0.25) is 0 Å². The molecule has 3 aromatic rings. The lowest BCUT2D eigenvalue weighted by Crippen LogP contribution is -2.28. The first-order valence-electron chi connectivity index (χ1n) is 9.73. The number of benzene rings is 1. The standard InChI is InChI=1S/C22H28N4O3/c1-7-26-16(4)18(11-23-26)12-25(6)22(27)21-19(17(5)29-24-21)13-28-20-9-8-14(2)10-15(20)3/h8-11H,7,12-13H2,1-6H3. The van der Waals surface area contributed by atoms with Crippen molar-refractivity contribution in [2.24, 2.45) is 0 Å². The van der Waals surface area contributed by atoms with E-state index in [2.05, 4.69) is 16.3 Å². The third-order valence-electron chi connectivity index (χ3n) is 5.15. The fourth-order valence-corrected chi connectivity index (χ4v) is 3.31. The van der Waals surface area contributed by atoms with Crippen LogP contribution in [0.5, 0.6) is 5.75 Å². The summed E-state index contributed by atoms with van der Waals surface area (Å²) < 4.78 is 13.2. The molecule has 0 atom stereocenters. The minimum Gasteiger partial charge on any atom is -0.488 e. The van der Waals surface area contributed by atoms with Gasteiger partial charge < -0.3 is 14.2 Å². The largest absolute Gasteiger partial charge is 0.488 e. The number of hydrogen-bond donors (Lipinski definition) is 0. The molecule has 0 saturated carbocycles. The highest BCUT2D eigenvalue weighted by Crippen LogP contribution is 2.23. The molecule has 154 valence electrons. The highest BCUT2D eigenvalue weighted by Gasteiger charge is 2.24. The third kappa shape index (κ3) is 4.34. The van der Waals surface area contributed by atoms with Gasteiger partial charge in [0.1, 0.15) is 18.1 Å². The van der Waals surface area contributed by atoms with Crippen LogP contribution in [-0.2, 0) is 19.7 Å². The van der Waals surface area contributed by atoms with Crippen LogP contribution in [0.3, 0.4) is 0 Å². The summed E-state index contributed by atoms with van der Waals surface area (Å²) in [5, 5.41) is 8.35. The monoisotopic (exact) mass is 396 g/mol. The molecule has 29 heavy (non-hydrogen) atoms. The third-order valence-corrected chi connectivity index (χ3v) is 5.15. The van der Waals surface area contributed by atoms with Gasteiger partial charge in [0, 0.05) is 31.4 Å².